The number of carbonyl (C=O) groups is 4. The van der Waals surface area contributed by atoms with E-state index in [2.05, 4.69) is 31.9 Å². The van der Waals surface area contributed by atoms with Gasteiger partial charge in [0, 0.05) is 37.2 Å². The number of aldehydes is 1. The minimum atomic E-state index is -0.585. The van der Waals surface area contributed by atoms with E-state index >= 15 is 0 Å². The van der Waals surface area contributed by atoms with Gasteiger partial charge >= 0.3 is 5.97 Å². The number of hydrogen-bond donors (Lipinski definition) is 0. The third kappa shape index (κ3) is 4.01. The van der Waals surface area contributed by atoms with E-state index in [9.17, 15) is 19.2 Å². The number of nitrogens with zero attached hydrogens (tertiary/aromatic N) is 1. The van der Waals surface area contributed by atoms with E-state index in [0.717, 1.165) is 4.90 Å². The topological polar surface area (TPSA) is 80.8 Å². The van der Waals surface area contributed by atoms with Gasteiger partial charge in [0.2, 0.25) is 11.8 Å². The minimum Gasteiger partial charge on any atom is -0.425 e. The van der Waals surface area contributed by atoms with E-state index in [1.165, 1.54) is 20.8 Å². The molecule has 8 heteroatoms. The second-order valence-corrected chi connectivity index (χ2v) is 6.04. The lowest BCUT2D eigenvalue weighted by Crippen LogP contribution is -2.34. The average molecular weight is 435 g/mol. The molecule has 6 nitrogen and oxygen atoms in total. The van der Waals surface area contributed by atoms with Gasteiger partial charge in [0.1, 0.15) is 6.29 Å². The Bertz CT molecular complexity index is 643. The Morgan fingerprint density at radius 3 is 2.09 bits per heavy atom. The highest BCUT2D eigenvalue weighted by atomic mass is 79.9. The Morgan fingerprint density at radius 1 is 1.14 bits per heavy atom. The molecule has 0 spiro atoms. The quantitative estimate of drug-likeness (QED) is 0.413. The summed E-state index contributed by atoms with van der Waals surface area (Å²) in [6, 6.07) is 1.54. The number of hydrogen-bond acceptors (Lipinski definition) is 5. The molecular formula is C14H13Br2NO5. The molecular weight excluding hydrogens is 422 g/mol. The van der Waals surface area contributed by atoms with Gasteiger partial charge in [-0.05, 0) is 37.9 Å². The Kier molecular flexibility index (Phi) is 6.43. The van der Waals surface area contributed by atoms with Gasteiger partial charge < -0.3 is 9.53 Å². The maximum absolute atomic E-state index is 11.8. The molecule has 1 rings (SSSR count). The Balaban J connectivity index is 3.74. The van der Waals surface area contributed by atoms with E-state index in [0.29, 0.717) is 15.2 Å². The lowest BCUT2D eigenvalue weighted by Gasteiger charge is -2.24. The summed E-state index contributed by atoms with van der Waals surface area (Å²) < 4.78 is 5.95. The molecule has 0 saturated carbocycles. The fourth-order valence-corrected chi connectivity index (χ4v) is 3.45. The molecule has 118 valence electrons. The van der Waals surface area contributed by atoms with Crippen LogP contribution in [0.2, 0.25) is 0 Å². The number of carbonyl (C=O) groups excluding carboxylic acids is 4. The third-order valence-corrected chi connectivity index (χ3v) is 3.84. The monoisotopic (exact) mass is 433 g/mol. The van der Waals surface area contributed by atoms with Crippen LogP contribution >= 0.6 is 31.9 Å². The molecule has 0 fully saturated rings. The van der Waals surface area contributed by atoms with Gasteiger partial charge in [-0.25, -0.2) is 4.90 Å². The lowest BCUT2D eigenvalue weighted by atomic mass is 10.1. The number of benzene rings is 1. The minimum absolute atomic E-state index is 0.102. The van der Waals surface area contributed by atoms with E-state index in [-0.39, 0.29) is 23.4 Å². The first kappa shape index (κ1) is 18.5. The second-order valence-electron chi connectivity index (χ2n) is 4.33. The number of anilines is 1. The summed E-state index contributed by atoms with van der Waals surface area (Å²) in [5.41, 5.74) is 0.448. The van der Waals surface area contributed by atoms with Crippen LogP contribution < -0.4 is 9.64 Å². The van der Waals surface area contributed by atoms with Crippen molar-refractivity contribution in [3.8, 4) is 5.75 Å². The Labute approximate surface area is 144 Å². The van der Waals surface area contributed by atoms with Crippen molar-refractivity contribution < 1.29 is 23.9 Å². The predicted octanol–water partition coefficient (Wildman–Crippen LogP) is 2.78. The van der Waals surface area contributed by atoms with Crippen LogP contribution in [0.5, 0.6) is 5.75 Å². The van der Waals surface area contributed by atoms with Gasteiger partial charge in [-0.2, -0.15) is 0 Å². The molecule has 0 atom stereocenters. The number of rotatable bonds is 4. The van der Waals surface area contributed by atoms with Gasteiger partial charge in [-0.15, -0.1) is 0 Å². The van der Waals surface area contributed by atoms with Crippen molar-refractivity contribution in [3.05, 3.63) is 20.6 Å². The molecule has 1 aromatic rings. The average Bonchev–Trinajstić information content (AvgIpc) is 2.37. The van der Waals surface area contributed by atoms with Gasteiger partial charge in [-0.1, -0.05) is 0 Å². The first-order valence-electron chi connectivity index (χ1n) is 6.14. The molecule has 0 aliphatic rings. The number of ether oxygens (including phenoxy) is 1. The zero-order valence-electron chi connectivity index (χ0n) is 12.1. The molecule has 0 saturated heterocycles. The second kappa shape index (κ2) is 7.64. The molecule has 0 aliphatic carbocycles. The van der Waals surface area contributed by atoms with Crippen LogP contribution in [0.25, 0.3) is 0 Å². The van der Waals surface area contributed by atoms with Crippen LogP contribution in [-0.2, 0) is 25.6 Å². The molecule has 0 heterocycles. The van der Waals surface area contributed by atoms with Gasteiger partial charge in [-0.3, -0.25) is 14.4 Å². The largest absolute Gasteiger partial charge is 0.425 e. The molecule has 1 aromatic carbocycles. The molecule has 0 N–H and O–H groups in total. The van der Waals surface area contributed by atoms with Crippen LogP contribution in [0, 0.1) is 0 Å². The highest BCUT2D eigenvalue weighted by Crippen LogP contribution is 2.42. The Hall–Kier alpha value is -1.54. The van der Waals surface area contributed by atoms with Crippen molar-refractivity contribution >= 4 is 61.6 Å². The zero-order chi connectivity index (χ0) is 17.0. The van der Waals surface area contributed by atoms with E-state index in [1.54, 1.807) is 6.07 Å². The van der Waals surface area contributed by atoms with Crippen LogP contribution in [0.3, 0.4) is 0 Å². The SMILES string of the molecule is CC(=O)Oc1c(Br)cc(Br)c(N(C(C)=O)C(C)=O)c1CC=O. The fraction of sp³-hybridized carbons (Fsp3) is 0.286. The lowest BCUT2D eigenvalue weighted by molar-refractivity contribution is -0.132. The van der Waals surface area contributed by atoms with Crippen LogP contribution in [0.15, 0.2) is 15.0 Å². The maximum Gasteiger partial charge on any atom is 0.308 e. The van der Waals surface area contributed by atoms with Crippen molar-refractivity contribution in [2.24, 2.45) is 0 Å². The number of imide groups is 1. The van der Waals surface area contributed by atoms with Crippen molar-refractivity contribution in [2.45, 2.75) is 27.2 Å². The summed E-state index contributed by atoms with van der Waals surface area (Å²) >= 11 is 6.52. The molecule has 22 heavy (non-hydrogen) atoms. The van der Waals surface area contributed by atoms with Gasteiger partial charge in [0.25, 0.3) is 0 Å². The standard InChI is InChI=1S/C14H13Br2NO5/c1-7(19)17(8(2)20)13-10(4-5-18)14(22-9(3)21)12(16)6-11(13)15/h5-6H,4H2,1-3H3. The van der Waals surface area contributed by atoms with Crippen LogP contribution in [0.1, 0.15) is 26.3 Å². The van der Waals surface area contributed by atoms with Crippen molar-refractivity contribution in [1.82, 2.24) is 0 Å². The van der Waals surface area contributed by atoms with Crippen molar-refractivity contribution in [3.63, 3.8) is 0 Å². The molecule has 0 radical (unpaired) electrons. The normalized spacial score (nSPS) is 10.0. The van der Waals surface area contributed by atoms with E-state index in [1.807, 2.05) is 0 Å². The molecule has 0 unspecified atom stereocenters. The van der Waals surface area contributed by atoms with Gasteiger partial charge in [0.15, 0.2) is 5.75 Å². The first-order chi connectivity index (χ1) is 10.2. The van der Waals surface area contributed by atoms with Crippen molar-refractivity contribution in [1.29, 1.82) is 0 Å². The molecule has 0 aromatic heterocycles. The summed E-state index contributed by atoms with van der Waals surface area (Å²) in [6.07, 6.45) is 0.468. The predicted molar refractivity (Wildman–Crippen MR) is 86.8 cm³/mol. The fourth-order valence-electron chi connectivity index (χ4n) is 1.95. The summed E-state index contributed by atoms with van der Waals surface area (Å²) in [5, 5.41) is 0. The third-order valence-electron chi connectivity index (χ3n) is 2.64. The highest BCUT2D eigenvalue weighted by molar-refractivity contribution is 9.11. The van der Waals surface area contributed by atoms with Crippen LogP contribution in [0.4, 0.5) is 5.69 Å². The summed E-state index contributed by atoms with van der Waals surface area (Å²) in [5.74, 6) is -1.52. The van der Waals surface area contributed by atoms with E-state index < -0.39 is 17.8 Å². The summed E-state index contributed by atoms with van der Waals surface area (Å²) in [4.78, 5) is 46.8. The number of esters is 1. The van der Waals surface area contributed by atoms with E-state index in [4.69, 9.17) is 4.74 Å². The number of halogens is 2. The smallest absolute Gasteiger partial charge is 0.308 e. The molecule has 0 aliphatic heterocycles. The summed E-state index contributed by atoms with van der Waals surface area (Å²) in [7, 11) is 0. The first-order valence-corrected chi connectivity index (χ1v) is 7.73. The Morgan fingerprint density at radius 2 is 1.68 bits per heavy atom. The highest BCUT2D eigenvalue weighted by Gasteiger charge is 2.27. The summed E-state index contributed by atoms with van der Waals surface area (Å²) in [6.45, 7) is 3.67. The van der Waals surface area contributed by atoms with Gasteiger partial charge in [0.05, 0.1) is 10.2 Å². The molecule has 0 bridgehead atoms. The zero-order valence-corrected chi connectivity index (χ0v) is 15.3. The van der Waals surface area contributed by atoms with Crippen molar-refractivity contribution in [2.75, 3.05) is 4.90 Å². The van der Waals surface area contributed by atoms with Crippen LogP contribution in [-0.4, -0.2) is 24.1 Å². The maximum atomic E-state index is 11.8. The molecule has 2 amide bonds. The number of amides is 2.